The van der Waals surface area contributed by atoms with Crippen LogP contribution in [0.15, 0.2) is 58.1 Å². The Balaban J connectivity index is 1.65. The van der Waals surface area contributed by atoms with Gasteiger partial charge in [-0.05, 0) is 24.3 Å². The zero-order valence-corrected chi connectivity index (χ0v) is 12.7. The van der Waals surface area contributed by atoms with Crippen LogP contribution in [0.5, 0.6) is 0 Å². The van der Waals surface area contributed by atoms with Gasteiger partial charge in [0.15, 0.2) is 0 Å². The molecule has 0 fully saturated rings. The highest BCUT2D eigenvalue weighted by molar-refractivity contribution is 5.77. The highest BCUT2D eigenvalue weighted by Crippen LogP contribution is 2.09. The molecule has 0 radical (unpaired) electrons. The van der Waals surface area contributed by atoms with Gasteiger partial charge in [0.2, 0.25) is 0 Å². The van der Waals surface area contributed by atoms with Crippen LogP contribution in [0.3, 0.4) is 0 Å². The minimum Gasteiger partial charge on any atom is -0.310 e. The topological polar surface area (TPSA) is 91.5 Å². The lowest BCUT2D eigenvalue weighted by atomic mass is 10.2. The Bertz CT molecular complexity index is 1070. The number of H-pyrrole nitrogens is 2. The maximum atomic E-state index is 12.1. The average molecular weight is 318 g/mol. The first-order valence-electron chi connectivity index (χ1n) is 7.66. The first-order valence-corrected chi connectivity index (χ1v) is 7.66. The van der Waals surface area contributed by atoms with Crippen molar-refractivity contribution in [2.24, 2.45) is 0 Å². The SMILES string of the molecule is O=c1[nH]c(CCc2nc3ccccc3c(=O)[nH]2)nc2ccccc12. The van der Waals surface area contributed by atoms with E-state index >= 15 is 0 Å². The van der Waals surface area contributed by atoms with Crippen molar-refractivity contribution in [3.05, 3.63) is 80.9 Å². The first kappa shape index (κ1) is 14.3. The van der Waals surface area contributed by atoms with Crippen LogP contribution in [0.4, 0.5) is 0 Å². The average Bonchev–Trinajstić information content (AvgIpc) is 2.60. The molecule has 4 aromatic rings. The minimum atomic E-state index is -0.157. The van der Waals surface area contributed by atoms with Crippen molar-refractivity contribution in [1.29, 1.82) is 0 Å². The number of nitrogens with one attached hydrogen (secondary N) is 2. The fourth-order valence-electron chi connectivity index (χ4n) is 2.74. The van der Waals surface area contributed by atoms with Crippen LogP contribution >= 0.6 is 0 Å². The minimum absolute atomic E-state index is 0.157. The molecule has 24 heavy (non-hydrogen) atoms. The van der Waals surface area contributed by atoms with Gasteiger partial charge in [-0.15, -0.1) is 0 Å². The summed E-state index contributed by atoms with van der Waals surface area (Å²) in [4.78, 5) is 38.6. The Morgan fingerprint density at radius 1 is 0.667 bits per heavy atom. The summed E-state index contributed by atoms with van der Waals surface area (Å²) in [6, 6.07) is 14.4. The van der Waals surface area contributed by atoms with E-state index in [9.17, 15) is 9.59 Å². The summed E-state index contributed by atoms with van der Waals surface area (Å²) < 4.78 is 0. The summed E-state index contributed by atoms with van der Waals surface area (Å²) in [6.07, 6.45) is 0.975. The van der Waals surface area contributed by atoms with E-state index in [1.807, 2.05) is 36.4 Å². The normalized spacial score (nSPS) is 11.2. The van der Waals surface area contributed by atoms with E-state index in [0.717, 1.165) is 0 Å². The molecule has 0 aliphatic heterocycles. The van der Waals surface area contributed by atoms with E-state index in [1.165, 1.54) is 0 Å². The fourth-order valence-corrected chi connectivity index (χ4v) is 2.74. The molecular formula is C18H14N4O2. The van der Waals surface area contributed by atoms with Crippen LogP contribution in [0.25, 0.3) is 21.8 Å². The van der Waals surface area contributed by atoms with Gasteiger partial charge in [-0.2, -0.15) is 0 Å². The Morgan fingerprint density at radius 2 is 1.08 bits per heavy atom. The zero-order chi connectivity index (χ0) is 16.5. The number of benzene rings is 2. The van der Waals surface area contributed by atoms with E-state index in [1.54, 1.807) is 12.1 Å². The number of para-hydroxylation sites is 2. The van der Waals surface area contributed by atoms with Gasteiger partial charge in [0.05, 0.1) is 21.8 Å². The number of hydrogen-bond acceptors (Lipinski definition) is 4. The van der Waals surface area contributed by atoms with Crippen LogP contribution in [-0.2, 0) is 12.8 Å². The van der Waals surface area contributed by atoms with Gasteiger partial charge in [-0.25, -0.2) is 9.97 Å². The van der Waals surface area contributed by atoms with Gasteiger partial charge in [0.25, 0.3) is 11.1 Å². The second kappa shape index (κ2) is 5.73. The smallest absolute Gasteiger partial charge is 0.258 e. The molecule has 0 unspecified atom stereocenters. The third kappa shape index (κ3) is 2.58. The molecule has 2 aromatic heterocycles. The fraction of sp³-hybridized carbons (Fsp3) is 0.111. The van der Waals surface area contributed by atoms with Crippen molar-refractivity contribution in [1.82, 2.24) is 19.9 Å². The van der Waals surface area contributed by atoms with E-state index < -0.39 is 0 Å². The predicted molar refractivity (Wildman–Crippen MR) is 92.1 cm³/mol. The quantitative estimate of drug-likeness (QED) is 0.604. The van der Waals surface area contributed by atoms with Crippen molar-refractivity contribution < 1.29 is 0 Å². The number of fused-ring (bicyclic) bond motifs is 2. The molecule has 0 aliphatic carbocycles. The molecular weight excluding hydrogens is 304 g/mol. The molecule has 4 rings (SSSR count). The molecule has 0 spiro atoms. The summed E-state index contributed by atoms with van der Waals surface area (Å²) in [7, 11) is 0. The molecule has 2 aromatic carbocycles. The van der Waals surface area contributed by atoms with E-state index in [0.29, 0.717) is 46.3 Å². The Hall–Kier alpha value is -3.28. The van der Waals surface area contributed by atoms with Crippen molar-refractivity contribution in [2.75, 3.05) is 0 Å². The van der Waals surface area contributed by atoms with Gasteiger partial charge >= 0.3 is 0 Å². The van der Waals surface area contributed by atoms with Gasteiger partial charge in [-0.1, -0.05) is 24.3 Å². The third-order valence-electron chi connectivity index (χ3n) is 3.92. The van der Waals surface area contributed by atoms with Crippen LogP contribution < -0.4 is 11.1 Å². The van der Waals surface area contributed by atoms with Crippen molar-refractivity contribution >= 4 is 21.8 Å². The molecule has 0 atom stereocenters. The van der Waals surface area contributed by atoms with Crippen molar-refractivity contribution in [3.8, 4) is 0 Å². The number of aryl methyl sites for hydroxylation is 2. The second-order valence-corrected chi connectivity index (χ2v) is 5.56. The maximum Gasteiger partial charge on any atom is 0.258 e. The van der Waals surface area contributed by atoms with Crippen molar-refractivity contribution in [3.63, 3.8) is 0 Å². The molecule has 0 aliphatic rings. The van der Waals surface area contributed by atoms with Crippen LogP contribution in [0.2, 0.25) is 0 Å². The standard InChI is InChI=1S/C18H14N4O2/c23-17-11-5-1-3-7-13(11)19-15(21-17)9-10-16-20-14-8-4-2-6-12(14)18(24)22-16/h1-8H,9-10H2,(H,19,21,23)(H,20,22,24). The summed E-state index contributed by atoms with van der Waals surface area (Å²) in [6.45, 7) is 0. The summed E-state index contributed by atoms with van der Waals surface area (Å²) in [5.41, 5.74) is 1.01. The first-order chi connectivity index (χ1) is 11.7. The van der Waals surface area contributed by atoms with Gasteiger partial charge in [0, 0.05) is 12.8 Å². The lowest BCUT2D eigenvalue weighted by molar-refractivity contribution is 0.808. The Kier molecular flexibility index (Phi) is 3.42. The molecule has 6 heteroatoms. The van der Waals surface area contributed by atoms with Crippen LogP contribution in [0.1, 0.15) is 11.6 Å². The van der Waals surface area contributed by atoms with Crippen LogP contribution in [0, 0.1) is 0 Å². The predicted octanol–water partition coefficient (Wildman–Crippen LogP) is 1.94. The molecule has 0 saturated carbocycles. The second-order valence-electron chi connectivity index (χ2n) is 5.56. The molecule has 2 heterocycles. The van der Waals surface area contributed by atoms with E-state index in [2.05, 4.69) is 19.9 Å². The van der Waals surface area contributed by atoms with Gasteiger partial charge in [-0.3, -0.25) is 9.59 Å². The number of nitrogens with zero attached hydrogens (tertiary/aromatic N) is 2. The van der Waals surface area contributed by atoms with Gasteiger partial charge < -0.3 is 9.97 Å². The summed E-state index contributed by atoms with van der Waals surface area (Å²) in [5.74, 6) is 1.16. The maximum absolute atomic E-state index is 12.1. The Morgan fingerprint density at radius 3 is 1.54 bits per heavy atom. The lowest BCUT2D eigenvalue weighted by Crippen LogP contribution is -2.15. The van der Waals surface area contributed by atoms with E-state index in [4.69, 9.17) is 0 Å². The van der Waals surface area contributed by atoms with Crippen LogP contribution in [-0.4, -0.2) is 19.9 Å². The molecule has 6 nitrogen and oxygen atoms in total. The van der Waals surface area contributed by atoms with Crippen molar-refractivity contribution in [2.45, 2.75) is 12.8 Å². The number of aromatic amines is 2. The molecule has 118 valence electrons. The number of rotatable bonds is 3. The van der Waals surface area contributed by atoms with Gasteiger partial charge in [0.1, 0.15) is 11.6 Å². The third-order valence-corrected chi connectivity index (χ3v) is 3.92. The molecule has 0 bridgehead atoms. The summed E-state index contributed by atoms with van der Waals surface area (Å²) >= 11 is 0. The molecule has 0 amide bonds. The highest BCUT2D eigenvalue weighted by atomic mass is 16.1. The monoisotopic (exact) mass is 318 g/mol. The number of hydrogen-bond donors (Lipinski definition) is 2. The molecule has 0 saturated heterocycles. The van der Waals surface area contributed by atoms with E-state index in [-0.39, 0.29) is 11.1 Å². The number of aromatic nitrogens is 4. The Labute approximate surface area is 136 Å². The highest BCUT2D eigenvalue weighted by Gasteiger charge is 2.06. The largest absolute Gasteiger partial charge is 0.310 e. The summed E-state index contributed by atoms with van der Waals surface area (Å²) in [5, 5.41) is 1.14. The zero-order valence-electron chi connectivity index (χ0n) is 12.7. The lowest BCUT2D eigenvalue weighted by Gasteiger charge is -2.04. The molecule has 2 N–H and O–H groups in total.